The monoisotopic (exact) mass is 439 g/mol. The molecule has 6 heteroatoms. The Morgan fingerprint density at radius 2 is 1.97 bits per heavy atom. The van der Waals surface area contributed by atoms with E-state index in [1.54, 1.807) is 0 Å². The molecule has 2 aromatic carbocycles. The summed E-state index contributed by atoms with van der Waals surface area (Å²) in [5, 5.41) is 4.58. The molecule has 5 nitrogen and oxygen atoms in total. The number of benzene rings is 2. The van der Waals surface area contributed by atoms with Crippen LogP contribution in [0.5, 0.6) is 0 Å². The van der Waals surface area contributed by atoms with Crippen molar-refractivity contribution in [3.63, 3.8) is 0 Å². The highest BCUT2D eigenvalue weighted by Gasteiger charge is 2.36. The van der Waals surface area contributed by atoms with Gasteiger partial charge in [-0.05, 0) is 74.1 Å². The van der Waals surface area contributed by atoms with Gasteiger partial charge in [-0.2, -0.15) is 0 Å². The summed E-state index contributed by atoms with van der Waals surface area (Å²) in [5.41, 5.74) is 3.95. The van der Waals surface area contributed by atoms with Crippen LogP contribution in [0.1, 0.15) is 46.8 Å². The highest BCUT2D eigenvalue weighted by atomic mass is 35.5. The number of para-hydroxylation sites is 1. The molecule has 2 atom stereocenters. The van der Waals surface area contributed by atoms with Crippen LogP contribution < -0.4 is 10.2 Å². The first-order chi connectivity index (χ1) is 15.2. The first kappa shape index (κ1) is 20.8. The van der Waals surface area contributed by atoms with Crippen LogP contribution in [0.25, 0.3) is 0 Å². The third-order valence-corrected chi connectivity index (χ3v) is 7.61. The number of carbonyl (C=O) groups is 1. The number of hydrogen-bond acceptors (Lipinski definition) is 5. The van der Waals surface area contributed by atoms with E-state index in [-0.39, 0.29) is 12.0 Å². The third-order valence-electron chi connectivity index (χ3n) is 7.29. The second-order valence-electron chi connectivity index (χ2n) is 8.95. The van der Waals surface area contributed by atoms with Gasteiger partial charge in [0.15, 0.2) is 0 Å². The Morgan fingerprint density at radius 1 is 1.16 bits per heavy atom. The highest BCUT2D eigenvalue weighted by Crippen LogP contribution is 2.43. The van der Waals surface area contributed by atoms with Gasteiger partial charge < -0.3 is 19.9 Å². The Balaban J connectivity index is 1.40. The van der Waals surface area contributed by atoms with E-state index in [0.717, 1.165) is 48.2 Å². The molecule has 0 aliphatic carbocycles. The first-order valence-corrected chi connectivity index (χ1v) is 11.7. The lowest BCUT2D eigenvalue weighted by molar-refractivity contribution is 0.0598. The summed E-state index contributed by atoms with van der Waals surface area (Å²) in [6.45, 7) is 5.32. The average molecular weight is 440 g/mol. The number of esters is 1. The fourth-order valence-corrected chi connectivity index (χ4v) is 5.97. The normalized spacial score (nSPS) is 26.7. The SMILES string of the molecule is COC(=O)c1cccc2c1C(CCNC1CN3CCC1CC3)N(c1ccccc1Cl)C2. The maximum atomic E-state index is 12.5. The van der Waals surface area contributed by atoms with Gasteiger partial charge in [-0.1, -0.05) is 35.9 Å². The summed E-state index contributed by atoms with van der Waals surface area (Å²) in [5.74, 6) is 0.527. The molecular weight excluding hydrogens is 410 g/mol. The van der Waals surface area contributed by atoms with Crippen LogP contribution >= 0.6 is 11.6 Å². The molecule has 2 aromatic rings. The second-order valence-corrected chi connectivity index (χ2v) is 9.36. The molecule has 4 heterocycles. The number of ether oxygens (including phenoxy) is 1. The number of anilines is 1. The molecule has 6 rings (SSSR count). The molecule has 3 saturated heterocycles. The summed E-state index contributed by atoms with van der Waals surface area (Å²) in [6, 6.07) is 14.6. The van der Waals surface area contributed by atoms with Crippen LogP contribution in [0.15, 0.2) is 42.5 Å². The van der Waals surface area contributed by atoms with Crippen molar-refractivity contribution < 1.29 is 9.53 Å². The van der Waals surface area contributed by atoms with Gasteiger partial charge in [-0.3, -0.25) is 0 Å². The minimum absolute atomic E-state index is 0.0822. The minimum Gasteiger partial charge on any atom is -0.465 e. The van der Waals surface area contributed by atoms with E-state index in [1.165, 1.54) is 38.6 Å². The van der Waals surface area contributed by atoms with E-state index in [9.17, 15) is 4.79 Å². The lowest BCUT2D eigenvalue weighted by Gasteiger charge is -2.45. The maximum absolute atomic E-state index is 12.5. The number of fused-ring (bicyclic) bond motifs is 4. The molecule has 3 fully saturated rings. The molecule has 0 spiro atoms. The largest absolute Gasteiger partial charge is 0.465 e. The molecule has 0 radical (unpaired) electrons. The minimum atomic E-state index is -0.270. The van der Waals surface area contributed by atoms with Crippen molar-refractivity contribution in [1.29, 1.82) is 0 Å². The number of hydrogen-bond donors (Lipinski definition) is 1. The summed E-state index contributed by atoms with van der Waals surface area (Å²) >= 11 is 6.59. The summed E-state index contributed by atoms with van der Waals surface area (Å²) in [6.07, 6.45) is 3.53. The Labute approximate surface area is 189 Å². The highest BCUT2D eigenvalue weighted by molar-refractivity contribution is 6.33. The van der Waals surface area contributed by atoms with Gasteiger partial charge in [0.05, 0.1) is 29.4 Å². The molecule has 2 bridgehead atoms. The number of halogens is 1. The van der Waals surface area contributed by atoms with Crippen LogP contribution in [-0.4, -0.2) is 50.2 Å². The number of nitrogens with zero attached hydrogens (tertiary/aromatic N) is 2. The Hall–Kier alpha value is -2.08. The number of carbonyl (C=O) groups excluding carboxylic acids is 1. The number of piperidine rings is 3. The molecule has 0 amide bonds. The van der Waals surface area contributed by atoms with E-state index >= 15 is 0 Å². The molecule has 4 aliphatic heterocycles. The van der Waals surface area contributed by atoms with E-state index in [1.807, 2.05) is 30.3 Å². The lowest BCUT2D eigenvalue weighted by Crippen LogP contribution is -2.56. The van der Waals surface area contributed by atoms with Gasteiger partial charge >= 0.3 is 5.97 Å². The quantitative estimate of drug-likeness (QED) is 0.681. The van der Waals surface area contributed by atoms with Crippen LogP contribution in [0.2, 0.25) is 5.02 Å². The van der Waals surface area contributed by atoms with E-state index in [0.29, 0.717) is 11.6 Å². The molecule has 4 aliphatic rings. The number of methoxy groups -OCH3 is 1. The molecule has 0 saturated carbocycles. The topological polar surface area (TPSA) is 44.8 Å². The fraction of sp³-hybridized carbons (Fsp3) is 0.480. The zero-order valence-electron chi connectivity index (χ0n) is 18.0. The summed E-state index contributed by atoms with van der Waals surface area (Å²) in [7, 11) is 1.45. The zero-order valence-corrected chi connectivity index (χ0v) is 18.8. The molecular formula is C25H30ClN3O2. The van der Waals surface area contributed by atoms with Crippen molar-refractivity contribution in [2.75, 3.05) is 38.2 Å². The van der Waals surface area contributed by atoms with Crippen LogP contribution in [-0.2, 0) is 11.3 Å². The van der Waals surface area contributed by atoms with E-state index in [4.69, 9.17) is 16.3 Å². The Bertz CT molecular complexity index is 958. The molecule has 0 aromatic heterocycles. The summed E-state index contributed by atoms with van der Waals surface area (Å²) < 4.78 is 5.10. The number of rotatable bonds is 6. The second kappa shape index (κ2) is 8.81. The first-order valence-electron chi connectivity index (χ1n) is 11.3. The van der Waals surface area contributed by atoms with Crippen molar-refractivity contribution in [3.8, 4) is 0 Å². The average Bonchev–Trinajstić information content (AvgIpc) is 3.18. The van der Waals surface area contributed by atoms with Gasteiger partial charge in [-0.25, -0.2) is 4.79 Å². The van der Waals surface area contributed by atoms with Gasteiger partial charge in [0, 0.05) is 19.1 Å². The molecule has 164 valence electrons. The lowest BCUT2D eigenvalue weighted by atomic mass is 9.84. The van der Waals surface area contributed by atoms with Crippen molar-refractivity contribution in [2.24, 2.45) is 5.92 Å². The predicted octanol–water partition coefficient (Wildman–Crippen LogP) is 4.26. The molecule has 1 N–H and O–H groups in total. The molecule has 2 unspecified atom stereocenters. The maximum Gasteiger partial charge on any atom is 0.338 e. The smallest absolute Gasteiger partial charge is 0.338 e. The van der Waals surface area contributed by atoms with Crippen LogP contribution in [0.4, 0.5) is 5.69 Å². The van der Waals surface area contributed by atoms with Gasteiger partial charge in [0.1, 0.15) is 0 Å². The number of nitrogens with one attached hydrogen (secondary N) is 1. The van der Waals surface area contributed by atoms with Crippen molar-refractivity contribution in [3.05, 3.63) is 64.2 Å². The van der Waals surface area contributed by atoms with Crippen LogP contribution in [0, 0.1) is 5.92 Å². The van der Waals surface area contributed by atoms with E-state index in [2.05, 4.69) is 27.2 Å². The standard InChI is InChI=1S/C25H30ClN3O2/c1-31-25(30)19-6-4-5-18-15-29(22-8-3-2-7-20(22)26)23(24(18)19)9-12-27-21-16-28-13-10-17(21)11-14-28/h2-8,17,21,23,27H,9-16H2,1H3. The Morgan fingerprint density at radius 3 is 2.68 bits per heavy atom. The van der Waals surface area contributed by atoms with E-state index < -0.39 is 0 Å². The summed E-state index contributed by atoms with van der Waals surface area (Å²) in [4.78, 5) is 17.5. The van der Waals surface area contributed by atoms with Gasteiger partial charge in [0.25, 0.3) is 0 Å². The molecule has 31 heavy (non-hydrogen) atoms. The third kappa shape index (κ3) is 3.95. The Kier molecular flexibility index (Phi) is 5.91. The fourth-order valence-electron chi connectivity index (χ4n) is 5.72. The van der Waals surface area contributed by atoms with Crippen LogP contribution in [0.3, 0.4) is 0 Å². The van der Waals surface area contributed by atoms with Gasteiger partial charge in [-0.15, -0.1) is 0 Å². The van der Waals surface area contributed by atoms with Crippen molar-refractivity contribution in [1.82, 2.24) is 10.2 Å². The zero-order chi connectivity index (χ0) is 21.4. The van der Waals surface area contributed by atoms with Crippen molar-refractivity contribution in [2.45, 2.75) is 37.9 Å². The van der Waals surface area contributed by atoms with Crippen molar-refractivity contribution >= 4 is 23.3 Å². The predicted molar refractivity (Wildman–Crippen MR) is 124 cm³/mol. The van der Waals surface area contributed by atoms with Gasteiger partial charge in [0.2, 0.25) is 0 Å².